The van der Waals surface area contributed by atoms with E-state index in [1.54, 1.807) is 19.1 Å². The van der Waals surface area contributed by atoms with Crippen LogP contribution in [0.2, 0.25) is 0 Å². The molecule has 0 radical (unpaired) electrons. The topological polar surface area (TPSA) is 72.4 Å². The molecule has 0 aliphatic heterocycles. The van der Waals surface area contributed by atoms with Gasteiger partial charge in [-0.15, -0.1) is 0 Å². The van der Waals surface area contributed by atoms with Crippen LogP contribution in [0.25, 0.3) is 0 Å². The van der Waals surface area contributed by atoms with Crippen molar-refractivity contribution in [1.29, 1.82) is 0 Å². The minimum absolute atomic E-state index is 0.370. The predicted molar refractivity (Wildman–Crippen MR) is 66.3 cm³/mol. The standard InChI is InChI=1S/C12H11F3N4O2/c1-8(9-3-2-6-21-9)16-17-11(20)7-19-5-4-10(18-19)12(13,14)15/h2-6H,7H2,1H3,(H,17,20)/b16-8-. The third-order valence-electron chi connectivity index (χ3n) is 2.46. The Morgan fingerprint density at radius 1 is 1.48 bits per heavy atom. The van der Waals surface area contributed by atoms with Crippen LogP contribution in [0.15, 0.2) is 40.2 Å². The molecular weight excluding hydrogens is 289 g/mol. The number of furan rings is 1. The fourth-order valence-electron chi connectivity index (χ4n) is 1.47. The minimum Gasteiger partial charge on any atom is -0.463 e. The molecule has 1 amide bonds. The monoisotopic (exact) mass is 300 g/mol. The first-order valence-corrected chi connectivity index (χ1v) is 5.84. The number of hydrogen-bond acceptors (Lipinski definition) is 4. The molecule has 0 spiro atoms. The van der Waals surface area contributed by atoms with Gasteiger partial charge in [-0.05, 0) is 25.1 Å². The number of nitrogens with zero attached hydrogens (tertiary/aromatic N) is 3. The summed E-state index contributed by atoms with van der Waals surface area (Å²) < 4.78 is 43.0. The SMILES string of the molecule is C/C(=N/NC(=O)Cn1ccc(C(F)(F)F)n1)c1ccco1. The Labute approximate surface area is 117 Å². The molecule has 0 unspecified atom stereocenters. The summed E-state index contributed by atoms with van der Waals surface area (Å²) >= 11 is 0. The van der Waals surface area contributed by atoms with Crippen molar-refractivity contribution in [2.24, 2.45) is 5.10 Å². The number of amides is 1. The number of hydrogen-bond donors (Lipinski definition) is 1. The van der Waals surface area contributed by atoms with Gasteiger partial charge in [0.25, 0.3) is 5.91 Å². The summed E-state index contributed by atoms with van der Waals surface area (Å²) in [6.07, 6.45) is -2.00. The third-order valence-corrected chi connectivity index (χ3v) is 2.46. The van der Waals surface area contributed by atoms with Gasteiger partial charge in [0.1, 0.15) is 18.0 Å². The van der Waals surface area contributed by atoms with Gasteiger partial charge in [-0.2, -0.15) is 23.4 Å². The van der Waals surface area contributed by atoms with E-state index in [1.165, 1.54) is 6.26 Å². The highest BCUT2D eigenvalue weighted by Gasteiger charge is 2.33. The van der Waals surface area contributed by atoms with Crippen LogP contribution in [0, 0.1) is 0 Å². The number of nitrogens with one attached hydrogen (secondary N) is 1. The maximum absolute atomic E-state index is 12.3. The minimum atomic E-state index is -4.53. The van der Waals surface area contributed by atoms with Crippen LogP contribution in [0.1, 0.15) is 18.4 Å². The first-order valence-electron chi connectivity index (χ1n) is 5.84. The lowest BCUT2D eigenvalue weighted by Crippen LogP contribution is -2.24. The van der Waals surface area contributed by atoms with Crippen LogP contribution in [0.4, 0.5) is 13.2 Å². The van der Waals surface area contributed by atoms with E-state index in [0.717, 1.165) is 16.9 Å². The van der Waals surface area contributed by atoms with Crippen LogP contribution < -0.4 is 5.43 Å². The molecule has 2 aromatic heterocycles. The van der Waals surface area contributed by atoms with E-state index in [-0.39, 0.29) is 6.54 Å². The van der Waals surface area contributed by atoms with Gasteiger partial charge in [0.15, 0.2) is 5.69 Å². The van der Waals surface area contributed by atoms with Crippen LogP contribution in [-0.4, -0.2) is 21.4 Å². The maximum atomic E-state index is 12.3. The van der Waals surface area contributed by atoms with Crippen LogP contribution in [0.5, 0.6) is 0 Å². The Balaban J connectivity index is 1.93. The number of hydrazone groups is 1. The Kier molecular flexibility index (Phi) is 4.10. The highest BCUT2D eigenvalue weighted by molar-refractivity contribution is 5.96. The second-order valence-corrected chi connectivity index (χ2v) is 4.11. The number of carbonyl (C=O) groups is 1. The smallest absolute Gasteiger partial charge is 0.435 e. The average Bonchev–Trinajstić information content (AvgIpc) is 3.05. The van der Waals surface area contributed by atoms with Crippen molar-refractivity contribution in [3.63, 3.8) is 0 Å². The fraction of sp³-hybridized carbons (Fsp3) is 0.250. The van der Waals surface area contributed by atoms with Gasteiger partial charge in [0.05, 0.1) is 6.26 Å². The number of carbonyl (C=O) groups excluding carboxylic acids is 1. The van der Waals surface area contributed by atoms with Crippen molar-refractivity contribution in [2.45, 2.75) is 19.6 Å². The molecule has 0 aromatic carbocycles. The van der Waals surface area contributed by atoms with Gasteiger partial charge in [0.2, 0.25) is 0 Å². The van der Waals surface area contributed by atoms with Gasteiger partial charge in [0, 0.05) is 6.20 Å². The Bertz CT molecular complexity index is 644. The molecule has 2 rings (SSSR count). The molecule has 0 saturated carbocycles. The average molecular weight is 300 g/mol. The van der Waals surface area contributed by atoms with Gasteiger partial charge in [-0.3, -0.25) is 9.48 Å². The zero-order chi connectivity index (χ0) is 15.5. The van der Waals surface area contributed by atoms with E-state index in [9.17, 15) is 18.0 Å². The number of alkyl halides is 3. The van der Waals surface area contributed by atoms with Crippen molar-refractivity contribution >= 4 is 11.6 Å². The van der Waals surface area contributed by atoms with E-state index < -0.39 is 17.8 Å². The highest BCUT2D eigenvalue weighted by atomic mass is 19.4. The Morgan fingerprint density at radius 2 is 2.24 bits per heavy atom. The third kappa shape index (κ3) is 3.94. The van der Waals surface area contributed by atoms with E-state index >= 15 is 0 Å². The molecule has 0 aliphatic carbocycles. The summed E-state index contributed by atoms with van der Waals surface area (Å²) in [5.74, 6) is -0.119. The Morgan fingerprint density at radius 3 is 2.81 bits per heavy atom. The summed E-state index contributed by atoms with van der Waals surface area (Å²) in [6, 6.07) is 4.12. The number of aromatic nitrogens is 2. The zero-order valence-electron chi connectivity index (χ0n) is 10.9. The van der Waals surface area contributed by atoms with Gasteiger partial charge < -0.3 is 4.42 Å². The van der Waals surface area contributed by atoms with Crippen molar-refractivity contribution in [2.75, 3.05) is 0 Å². The molecule has 0 atom stereocenters. The van der Waals surface area contributed by atoms with Crippen LogP contribution >= 0.6 is 0 Å². The molecule has 2 heterocycles. The summed E-state index contributed by atoms with van der Waals surface area (Å²) in [5.41, 5.74) is 1.60. The summed E-state index contributed by atoms with van der Waals surface area (Å²) in [5, 5.41) is 7.04. The summed E-state index contributed by atoms with van der Waals surface area (Å²) in [7, 11) is 0. The van der Waals surface area contributed by atoms with Crippen molar-refractivity contribution in [3.8, 4) is 0 Å². The number of rotatable bonds is 4. The molecular formula is C12H11F3N4O2. The lowest BCUT2D eigenvalue weighted by Gasteiger charge is -2.03. The van der Waals surface area contributed by atoms with Crippen LogP contribution in [-0.2, 0) is 17.5 Å². The van der Waals surface area contributed by atoms with Gasteiger partial charge in [-0.1, -0.05) is 0 Å². The molecule has 112 valence electrons. The highest BCUT2D eigenvalue weighted by Crippen LogP contribution is 2.27. The molecule has 0 saturated heterocycles. The molecule has 0 fully saturated rings. The molecule has 9 heteroatoms. The first-order chi connectivity index (χ1) is 9.86. The molecule has 2 aromatic rings. The Hall–Kier alpha value is -2.58. The normalized spacial score (nSPS) is 12.5. The predicted octanol–water partition coefficient (Wildman–Crippen LogP) is 2.04. The van der Waals surface area contributed by atoms with Gasteiger partial charge >= 0.3 is 6.18 Å². The zero-order valence-corrected chi connectivity index (χ0v) is 10.9. The second kappa shape index (κ2) is 5.81. The molecule has 0 bridgehead atoms. The summed E-state index contributed by atoms with van der Waals surface area (Å²) in [6.45, 7) is 1.25. The van der Waals surface area contributed by atoms with Crippen molar-refractivity contribution in [3.05, 3.63) is 42.1 Å². The van der Waals surface area contributed by atoms with Crippen molar-refractivity contribution < 1.29 is 22.4 Å². The van der Waals surface area contributed by atoms with E-state index in [1.807, 2.05) is 0 Å². The second-order valence-electron chi connectivity index (χ2n) is 4.11. The van der Waals surface area contributed by atoms with E-state index in [2.05, 4.69) is 15.6 Å². The molecule has 0 aliphatic rings. The van der Waals surface area contributed by atoms with Crippen molar-refractivity contribution in [1.82, 2.24) is 15.2 Å². The summed E-state index contributed by atoms with van der Waals surface area (Å²) in [4.78, 5) is 11.6. The quantitative estimate of drug-likeness (QED) is 0.693. The molecule has 21 heavy (non-hydrogen) atoms. The lowest BCUT2D eigenvalue weighted by molar-refractivity contribution is -0.141. The largest absolute Gasteiger partial charge is 0.463 e. The van der Waals surface area contributed by atoms with Crippen LogP contribution in [0.3, 0.4) is 0 Å². The van der Waals surface area contributed by atoms with Gasteiger partial charge in [-0.25, -0.2) is 5.43 Å². The molecule has 6 nitrogen and oxygen atoms in total. The maximum Gasteiger partial charge on any atom is 0.435 e. The van der Waals surface area contributed by atoms with E-state index in [0.29, 0.717) is 11.5 Å². The lowest BCUT2D eigenvalue weighted by atomic mass is 10.3. The molecule has 1 N–H and O–H groups in total. The fourth-order valence-corrected chi connectivity index (χ4v) is 1.47. The van der Waals surface area contributed by atoms with E-state index in [4.69, 9.17) is 4.42 Å². The first kappa shape index (κ1) is 14.8. The number of halogens is 3.